The van der Waals surface area contributed by atoms with Gasteiger partial charge < -0.3 is 15.7 Å². The first-order valence-electron chi connectivity index (χ1n) is 9.53. The molecule has 3 N–H and O–H groups in total. The van der Waals surface area contributed by atoms with E-state index in [0.29, 0.717) is 6.42 Å². The molecule has 0 spiro atoms. The number of aliphatic imine (C=N–C) groups is 1. The molecule has 2 aliphatic rings. The van der Waals surface area contributed by atoms with Gasteiger partial charge in [-0.1, -0.05) is 30.3 Å². The summed E-state index contributed by atoms with van der Waals surface area (Å²) in [6, 6.07) is 9.85. The fourth-order valence-corrected chi connectivity index (χ4v) is 3.44. The molecule has 0 amide bonds. The monoisotopic (exact) mass is 329 g/mol. The molecular formula is C20H31N3O. The molecule has 1 unspecified atom stereocenters. The van der Waals surface area contributed by atoms with Gasteiger partial charge in [0.1, 0.15) is 0 Å². The lowest BCUT2D eigenvalue weighted by Gasteiger charge is -2.17. The van der Waals surface area contributed by atoms with Crippen LogP contribution in [0.25, 0.3) is 0 Å². The average Bonchev–Trinajstić information content (AvgIpc) is 3.49. The summed E-state index contributed by atoms with van der Waals surface area (Å²) in [6.07, 6.45) is 5.89. The normalized spacial score (nSPS) is 19.4. The van der Waals surface area contributed by atoms with Crippen molar-refractivity contribution in [3.63, 3.8) is 0 Å². The van der Waals surface area contributed by atoms with Crippen LogP contribution in [-0.2, 0) is 0 Å². The maximum absolute atomic E-state index is 10.2. The predicted molar refractivity (Wildman–Crippen MR) is 98.9 cm³/mol. The molecule has 1 aromatic rings. The van der Waals surface area contributed by atoms with Gasteiger partial charge in [0.2, 0.25) is 0 Å². The number of hydrogen-bond donors (Lipinski definition) is 3. The largest absolute Gasteiger partial charge is 0.388 e. The molecule has 0 radical (unpaired) electrons. The highest BCUT2D eigenvalue weighted by Crippen LogP contribution is 2.49. The van der Waals surface area contributed by atoms with Crippen molar-refractivity contribution in [2.24, 2.45) is 22.7 Å². The Labute approximate surface area is 145 Å². The fourth-order valence-electron chi connectivity index (χ4n) is 3.44. The van der Waals surface area contributed by atoms with Crippen LogP contribution in [0.2, 0.25) is 0 Å². The Morgan fingerprint density at radius 3 is 2.38 bits per heavy atom. The SMILES string of the molecule is CCNC(=NCC(C1CC1)C1CC1)NCCC(O)c1ccccc1. The minimum absolute atomic E-state index is 0.424. The first kappa shape index (κ1) is 17.3. The third-order valence-electron chi connectivity index (χ3n) is 5.15. The molecule has 0 bridgehead atoms. The number of benzene rings is 1. The van der Waals surface area contributed by atoms with E-state index in [1.54, 1.807) is 0 Å². The molecule has 0 saturated heterocycles. The molecule has 2 aliphatic carbocycles. The van der Waals surface area contributed by atoms with Crippen molar-refractivity contribution in [2.45, 2.75) is 45.1 Å². The van der Waals surface area contributed by atoms with Crippen LogP contribution in [0, 0.1) is 17.8 Å². The maximum atomic E-state index is 10.2. The zero-order valence-corrected chi connectivity index (χ0v) is 14.7. The van der Waals surface area contributed by atoms with Crippen LogP contribution in [-0.4, -0.2) is 30.7 Å². The second-order valence-corrected chi connectivity index (χ2v) is 7.20. The number of aliphatic hydroxyl groups excluding tert-OH is 1. The van der Waals surface area contributed by atoms with Crippen LogP contribution >= 0.6 is 0 Å². The number of nitrogens with one attached hydrogen (secondary N) is 2. The van der Waals surface area contributed by atoms with Crippen LogP contribution < -0.4 is 10.6 Å². The molecule has 24 heavy (non-hydrogen) atoms. The van der Waals surface area contributed by atoms with Gasteiger partial charge in [-0.2, -0.15) is 0 Å². The zero-order valence-electron chi connectivity index (χ0n) is 14.7. The van der Waals surface area contributed by atoms with Crippen molar-refractivity contribution < 1.29 is 5.11 Å². The number of aliphatic hydroxyl groups is 1. The molecule has 4 heteroatoms. The number of hydrogen-bond acceptors (Lipinski definition) is 2. The van der Waals surface area contributed by atoms with Crippen LogP contribution in [0.1, 0.15) is 50.7 Å². The van der Waals surface area contributed by atoms with Crippen LogP contribution in [0.4, 0.5) is 0 Å². The van der Waals surface area contributed by atoms with E-state index in [-0.39, 0.29) is 0 Å². The maximum Gasteiger partial charge on any atom is 0.191 e. The van der Waals surface area contributed by atoms with Crippen LogP contribution in [0.5, 0.6) is 0 Å². The lowest BCUT2D eigenvalue weighted by atomic mass is 9.98. The Morgan fingerprint density at radius 2 is 1.79 bits per heavy atom. The number of guanidine groups is 1. The second-order valence-electron chi connectivity index (χ2n) is 7.20. The second kappa shape index (κ2) is 8.52. The molecule has 2 saturated carbocycles. The summed E-state index contributed by atoms with van der Waals surface area (Å²) >= 11 is 0. The smallest absolute Gasteiger partial charge is 0.191 e. The van der Waals surface area contributed by atoms with Gasteiger partial charge in [0, 0.05) is 19.6 Å². The van der Waals surface area contributed by atoms with Gasteiger partial charge in [0.05, 0.1) is 6.10 Å². The van der Waals surface area contributed by atoms with E-state index in [0.717, 1.165) is 48.9 Å². The topological polar surface area (TPSA) is 56.7 Å². The van der Waals surface area contributed by atoms with E-state index in [1.807, 2.05) is 30.3 Å². The van der Waals surface area contributed by atoms with Gasteiger partial charge in [0.15, 0.2) is 5.96 Å². The van der Waals surface area contributed by atoms with Gasteiger partial charge in [-0.05, 0) is 62.3 Å². The van der Waals surface area contributed by atoms with Gasteiger partial charge in [-0.25, -0.2) is 0 Å². The molecule has 0 aromatic heterocycles. The molecule has 0 aliphatic heterocycles. The zero-order chi connectivity index (χ0) is 16.8. The van der Waals surface area contributed by atoms with Crippen molar-refractivity contribution in [2.75, 3.05) is 19.6 Å². The van der Waals surface area contributed by atoms with Crippen molar-refractivity contribution in [3.05, 3.63) is 35.9 Å². The average molecular weight is 329 g/mol. The Balaban J connectivity index is 1.45. The molecule has 3 rings (SSSR count). The molecule has 132 valence electrons. The van der Waals surface area contributed by atoms with Gasteiger partial charge in [-0.15, -0.1) is 0 Å². The molecule has 4 nitrogen and oxygen atoms in total. The summed E-state index contributed by atoms with van der Waals surface area (Å²) in [4.78, 5) is 4.82. The predicted octanol–water partition coefficient (Wildman–Crippen LogP) is 3.10. The molecule has 1 aromatic carbocycles. The molecule has 0 heterocycles. The Morgan fingerprint density at radius 1 is 1.12 bits per heavy atom. The third kappa shape index (κ3) is 5.23. The number of nitrogens with zero attached hydrogens (tertiary/aromatic N) is 1. The van der Waals surface area contributed by atoms with Crippen molar-refractivity contribution in [1.82, 2.24) is 10.6 Å². The molecule has 2 fully saturated rings. The summed E-state index contributed by atoms with van der Waals surface area (Å²) in [5, 5.41) is 16.9. The van der Waals surface area contributed by atoms with E-state index in [2.05, 4.69) is 17.6 Å². The molecular weight excluding hydrogens is 298 g/mol. The van der Waals surface area contributed by atoms with Gasteiger partial charge in [-0.3, -0.25) is 4.99 Å². The first-order chi connectivity index (χ1) is 11.8. The summed E-state index contributed by atoms with van der Waals surface area (Å²) in [6.45, 7) is 4.63. The fraction of sp³-hybridized carbons (Fsp3) is 0.650. The van der Waals surface area contributed by atoms with E-state index < -0.39 is 6.10 Å². The minimum Gasteiger partial charge on any atom is -0.388 e. The van der Waals surface area contributed by atoms with E-state index in [4.69, 9.17) is 4.99 Å². The van der Waals surface area contributed by atoms with Crippen molar-refractivity contribution in [1.29, 1.82) is 0 Å². The first-order valence-corrected chi connectivity index (χ1v) is 9.53. The van der Waals surface area contributed by atoms with Crippen molar-refractivity contribution >= 4 is 5.96 Å². The highest BCUT2D eigenvalue weighted by atomic mass is 16.3. The quantitative estimate of drug-likeness (QED) is 0.482. The third-order valence-corrected chi connectivity index (χ3v) is 5.15. The lowest BCUT2D eigenvalue weighted by Crippen LogP contribution is -2.38. The van der Waals surface area contributed by atoms with E-state index in [9.17, 15) is 5.11 Å². The van der Waals surface area contributed by atoms with Gasteiger partial charge >= 0.3 is 0 Å². The lowest BCUT2D eigenvalue weighted by molar-refractivity contribution is 0.168. The van der Waals surface area contributed by atoms with Gasteiger partial charge in [0.25, 0.3) is 0 Å². The minimum atomic E-state index is -0.424. The summed E-state index contributed by atoms with van der Waals surface area (Å²) in [7, 11) is 0. The highest BCUT2D eigenvalue weighted by Gasteiger charge is 2.41. The molecule has 1 atom stereocenters. The van der Waals surface area contributed by atoms with Crippen LogP contribution in [0.3, 0.4) is 0 Å². The van der Waals surface area contributed by atoms with E-state index in [1.165, 1.54) is 25.7 Å². The highest BCUT2D eigenvalue weighted by molar-refractivity contribution is 5.79. The summed E-state index contributed by atoms with van der Waals surface area (Å²) in [5.41, 5.74) is 0.976. The van der Waals surface area contributed by atoms with E-state index >= 15 is 0 Å². The Kier molecular flexibility index (Phi) is 6.13. The standard InChI is InChI=1S/C20H31N3O/c1-2-21-20(23-14-18(15-8-9-15)16-10-11-16)22-13-12-19(24)17-6-4-3-5-7-17/h3-7,15-16,18-19,24H,2,8-14H2,1H3,(H2,21,22,23). The number of rotatable bonds is 9. The van der Waals surface area contributed by atoms with Crippen molar-refractivity contribution in [3.8, 4) is 0 Å². The Hall–Kier alpha value is -1.55. The Bertz CT molecular complexity index is 511. The summed E-state index contributed by atoms with van der Waals surface area (Å²) < 4.78 is 0. The van der Waals surface area contributed by atoms with Crippen LogP contribution in [0.15, 0.2) is 35.3 Å². The summed E-state index contributed by atoms with van der Waals surface area (Å²) in [5.74, 6) is 3.56.